The van der Waals surface area contributed by atoms with Gasteiger partial charge in [0.15, 0.2) is 5.58 Å². The number of benzene rings is 3. The summed E-state index contributed by atoms with van der Waals surface area (Å²) in [6, 6.07) is 22.2. The third kappa shape index (κ3) is 5.11. The second kappa shape index (κ2) is 10.5. The topological polar surface area (TPSA) is 89.8 Å². The van der Waals surface area contributed by atoms with Crippen molar-refractivity contribution in [2.24, 2.45) is 0 Å². The van der Waals surface area contributed by atoms with E-state index in [1.807, 2.05) is 48.5 Å². The van der Waals surface area contributed by atoms with E-state index in [1.165, 1.54) is 12.8 Å². The van der Waals surface area contributed by atoms with Crippen LogP contribution in [-0.4, -0.2) is 27.3 Å². The summed E-state index contributed by atoms with van der Waals surface area (Å²) < 4.78 is 11.5. The summed E-state index contributed by atoms with van der Waals surface area (Å²) in [7, 11) is 0. The Kier molecular flexibility index (Phi) is 7.44. The van der Waals surface area contributed by atoms with Crippen LogP contribution < -0.4 is 0 Å². The van der Waals surface area contributed by atoms with Crippen molar-refractivity contribution in [3.8, 4) is 23.0 Å². The average molecular weight is 495 g/mol. The summed E-state index contributed by atoms with van der Waals surface area (Å²) in [4.78, 5) is 4.32. The fraction of sp³-hybridized carbons (Fsp3) is 0.269. The van der Waals surface area contributed by atoms with Crippen molar-refractivity contribution in [1.29, 1.82) is 0 Å². The molecule has 0 bridgehead atoms. The minimum atomic E-state index is -0.255. The van der Waals surface area contributed by atoms with E-state index in [0.717, 1.165) is 29.5 Å². The number of aromatic nitrogens is 1. The summed E-state index contributed by atoms with van der Waals surface area (Å²) in [6.07, 6.45) is 4.76. The van der Waals surface area contributed by atoms with Gasteiger partial charge in [-0.05, 0) is 43.0 Å². The Bertz CT molecular complexity index is 1160. The van der Waals surface area contributed by atoms with Crippen LogP contribution in [0.4, 0.5) is 0 Å². The van der Waals surface area contributed by atoms with Crippen LogP contribution in [0.3, 0.4) is 0 Å². The fourth-order valence-electron chi connectivity index (χ4n) is 4.27. The summed E-state index contributed by atoms with van der Waals surface area (Å²) in [5.74, 6) is 0.906. The van der Waals surface area contributed by atoms with Crippen molar-refractivity contribution in [2.45, 2.75) is 44.1 Å². The van der Waals surface area contributed by atoms with Crippen LogP contribution in [0.2, 0.25) is 0 Å². The maximum Gasteiger partial charge on any atom is 0.231 e. The maximum absolute atomic E-state index is 9.76. The largest absolute Gasteiger partial charge is 0.628 e. The zero-order valence-electron chi connectivity index (χ0n) is 18.3. The normalized spacial score (nSPS) is 21.5. The number of para-hydroxylation sites is 4. The van der Waals surface area contributed by atoms with E-state index >= 15 is 0 Å². The molecule has 0 amide bonds. The first kappa shape index (κ1) is 23.4. The smallest absolute Gasteiger partial charge is 0.231 e. The van der Waals surface area contributed by atoms with Gasteiger partial charge in [-0.25, -0.2) is 4.98 Å². The molecule has 7 heteroatoms. The van der Waals surface area contributed by atoms with Crippen LogP contribution in [0.1, 0.15) is 37.5 Å². The van der Waals surface area contributed by atoms with E-state index in [0.29, 0.717) is 17.5 Å². The molecular weight excluding hydrogens is 470 g/mol. The van der Waals surface area contributed by atoms with Gasteiger partial charge in [0.05, 0.1) is 5.56 Å². The Balaban J connectivity index is 0.000000152. The molecule has 1 saturated heterocycles. The van der Waals surface area contributed by atoms with E-state index < -0.39 is 0 Å². The summed E-state index contributed by atoms with van der Waals surface area (Å²) in [5, 5.41) is 24.1. The summed E-state index contributed by atoms with van der Waals surface area (Å²) >= 11 is 0. The molecule has 3 unspecified atom stereocenters. The maximum atomic E-state index is 9.76. The van der Waals surface area contributed by atoms with Gasteiger partial charge in [-0.3, -0.25) is 0 Å². The first-order valence-electron chi connectivity index (χ1n) is 11.0. The quantitative estimate of drug-likeness (QED) is 0.319. The number of ether oxygens (including phenoxy) is 1. The number of phenolic OH excluding ortho intramolecular Hbond substituents is 2. The number of hydrogen-bond donors (Lipinski definition) is 2. The number of hydrogen-bond acceptors (Lipinski definition) is 5. The molecule has 3 aromatic carbocycles. The van der Waals surface area contributed by atoms with Gasteiger partial charge in [0, 0.05) is 31.1 Å². The molecule has 6 nitrogen and oxygen atoms in total. The second-order valence-corrected chi connectivity index (χ2v) is 8.09. The van der Waals surface area contributed by atoms with Gasteiger partial charge in [-0.15, -0.1) is 6.04 Å². The number of phenols is 2. The third-order valence-corrected chi connectivity index (χ3v) is 5.93. The molecule has 2 fully saturated rings. The number of oxazole rings is 1. The van der Waals surface area contributed by atoms with Crippen molar-refractivity contribution in [2.75, 3.05) is 0 Å². The molecule has 3 atom stereocenters. The molecule has 1 saturated carbocycles. The van der Waals surface area contributed by atoms with Crippen molar-refractivity contribution >= 4 is 11.1 Å². The van der Waals surface area contributed by atoms with Gasteiger partial charge in [0.2, 0.25) is 5.89 Å². The van der Waals surface area contributed by atoms with E-state index in [1.54, 1.807) is 24.3 Å². The molecule has 33 heavy (non-hydrogen) atoms. The first-order chi connectivity index (χ1) is 15.7. The van der Waals surface area contributed by atoms with Crippen LogP contribution in [-0.2, 0) is 24.2 Å². The minimum absolute atomic E-state index is 0. The third-order valence-electron chi connectivity index (χ3n) is 5.93. The Labute approximate surface area is 205 Å². The minimum Gasteiger partial charge on any atom is -0.628 e. The van der Waals surface area contributed by atoms with E-state index in [-0.39, 0.29) is 43.3 Å². The fourth-order valence-corrected chi connectivity index (χ4v) is 4.27. The van der Waals surface area contributed by atoms with Crippen molar-refractivity contribution in [3.05, 3.63) is 83.7 Å². The van der Waals surface area contributed by atoms with Gasteiger partial charge in [0.1, 0.15) is 17.0 Å². The van der Waals surface area contributed by atoms with Gasteiger partial charge in [-0.2, -0.15) is 0 Å². The van der Waals surface area contributed by atoms with Crippen LogP contribution in [0.5, 0.6) is 11.5 Å². The number of aromatic hydroxyl groups is 2. The molecular formula is C26H25N2O4Zn-. The first-order valence-corrected chi connectivity index (χ1v) is 11.0. The van der Waals surface area contributed by atoms with Gasteiger partial charge >= 0.3 is 0 Å². The van der Waals surface area contributed by atoms with Crippen molar-refractivity contribution in [1.82, 2.24) is 4.98 Å². The van der Waals surface area contributed by atoms with Crippen LogP contribution in [0.15, 0.2) is 77.2 Å². The zero-order valence-corrected chi connectivity index (χ0v) is 21.3. The van der Waals surface area contributed by atoms with Gasteiger partial charge < -0.3 is 24.7 Å². The van der Waals surface area contributed by atoms with E-state index in [2.05, 4.69) is 10.3 Å². The molecule has 166 valence electrons. The molecule has 2 heterocycles. The Hall–Kier alpha value is -2.73. The summed E-state index contributed by atoms with van der Waals surface area (Å²) in [6.45, 7) is 0. The monoisotopic (exact) mass is 493 g/mol. The van der Waals surface area contributed by atoms with Crippen LogP contribution in [0, 0.1) is 0 Å². The van der Waals surface area contributed by atoms with Crippen LogP contribution in [0.25, 0.3) is 27.9 Å². The molecule has 2 aliphatic rings. The molecule has 6 rings (SSSR count). The predicted molar refractivity (Wildman–Crippen MR) is 122 cm³/mol. The molecule has 1 aliphatic carbocycles. The molecule has 4 aromatic rings. The van der Waals surface area contributed by atoms with Gasteiger partial charge in [0.25, 0.3) is 0 Å². The molecule has 1 aliphatic heterocycles. The van der Waals surface area contributed by atoms with Crippen molar-refractivity contribution < 1.29 is 38.8 Å². The van der Waals surface area contributed by atoms with Crippen LogP contribution >= 0.6 is 0 Å². The van der Waals surface area contributed by atoms with E-state index in [9.17, 15) is 10.2 Å². The Morgan fingerprint density at radius 3 is 2.27 bits per heavy atom. The van der Waals surface area contributed by atoms with E-state index in [4.69, 9.17) is 9.15 Å². The Morgan fingerprint density at radius 1 is 0.818 bits per heavy atom. The SMILES string of the molecule is Oc1ccccc1-c1nc2ccccc2o1.Oc1ccccc1C1[N-]C2CCCCC2O1.[Zn]. The molecule has 1 aromatic heterocycles. The Morgan fingerprint density at radius 2 is 1.52 bits per heavy atom. The molecule has 0 spiro atoms. The summed E-state index contributed by atoms with van der Waals surface area (Å²) in [5.41, 5.74) is 2.93. The number of nitrogens with zero attached hydrogens (tertiary/aromatic N) is 2. The predicted octanol–water partition coefficient (Wildman–Crippen LogP) is 6.30. The zero-order chi connectivity index (χ0) is 21.9. The molecule has 2 N–H and O–H groups in total. The average Bonchev–Trinajstić information content (AvgIpc) is 3.44. The molecule has 0 radical (unpaired) electrons. The number of fused-ring (bicyclic) bond motifs is 2. The number of rotatable bonds is 2. The van der Waals surface area contributed by atoms with Gasteiger partial charge in [-0.1, -0.05) is 61.7 Å². The standard InChI is InChI=1S/C13H16NO2.C13H9NO2.Zn/c2*15-11-7-3-1-5-9(11)13-14-10-6-2-4-8-12(10)16-13;/h1,3,5,7,10,12-13,15H,2,4,6,8H2;1-8,15H;/q-1;;. The second-order valence-electron chi connectivity index (χ2n) is 8.09. The van der Waals surface area contributed by atoms with Crippen molar-refractivity contribution in [3.63, 3.8) is 0 Å².